The number of rotatable bonds is 3. The molecule has 2 aliphatic rings. The maximum absolute atomic E-state index is 4.23. The van der Waals surface area contributed by atoms with Crippen LogP contribution < -0.4 is 5.32 Å². The predicted octanol–water partition coefficient (Wildman–Crippen LogP) is 1.79. The summed E-state index contributed by atoms with van der Waals surface area (Å²) >= 11 is 1.73. The molecular formula is C14H18N4S. The third-order valence-corrected chi connectivity index (χ3v) is 5.07. The summed E-state index contributed by atoms with van der Waals surface area (Å²) in [6, 6.07) is 2.16. The van der Waals surface area contributed by atoms with E-state index in [1.54, 1.807) is 11.3 Å². The second kappa shape index (κ2) is 4.74. The number of thiophene rings is 1. The van der Waals surface area contributed by atoms with E-state index in [2.05, 4.69) is 37.2 Å². The molecule has 0 spiro atoms. The van der Waals surface area contributed by atoms with E-state index in [0.29, 0.717) is 0 Å². The van der Waals surface area contributed by atoms with Gasteiger partial charge in [-0.25, -0.2) is 0 Å². The Morgan fingerprint density at radius 3 is 2.89 bits per heavy atom. The van der Waals surface area contributed by atoms with Crippen LogP contribution in [0.15, 0.2) is 23.0 Å². The second-order valence-corrected chi connectivity index (χ2v) is 6.43. The molecule has 5 heteroatoms. The standard InChI is InChI=1S/C14H18N4S/c1-2-19-9-10(1)14-13(5-16-17-14)8-18-6-11-3-15-4-12(11)7-18/h1-2,5,9,11-12,15H,3-4,6-8H2,(H,16,17)/t11-,12+. The average molecular weight is 274 g/mol. The molecule has 0 radical (unpaired) electrons. The Morgan fingerprint density at radius 1 is 1.32 bits per heavy atom. The van der Waals surface area contributed by atoms with Gasteiger partial charge in [-0.1, -0.05) is 0 Å². The van der Waals surface area contributed by atoms with Crippen molar-refractivity contribution in [3.8, 4) is 11.3 Å². The Hall–Kier alpha value is -1.17. The number of nitrogens with one attached hydrogen (secondary N) is 2. The SMILES string of the molecule is c1cc(-c2[nH]ncc2CN2C[C@H]3CNC[C@H]3C2)cs1. The first-order chi connectivity index (χ1) is 9.40. The zero-order valence-corrected chi connectivity index (χ0v) is 11.6. The van der Waals surface area contributed by atoms with Gasteiger partial charge in [-0.3, -0.25) is 10.00 Å². The maximum atomic E-state index is 4.23. The van der Waals surface area contributed by atoms with E-state index in [0.717, 1.165) is 18.4 Å². The highest BCUT2D eigenvalue weighted by atomic mass is 32.1. The minimum absolute atomic E-state index is 0.858. The maximum Gasteiger partial charge on any atom is 0.0703 e. The molecule has 0 saturated carbocycles. The van der Waals surface area contributed by atoms with Crippen molar-refractivity contribution < 1.29 is 0 Å². The molecule has 2 aromatic rings. The van der Waals surface area contributed by atoms with Crippen LogP contribution in [0.5, 0.6) is 0 Å². The molecule has 4 rings (SSSR count). The van der Waals surface area contributed by atoms with Gasteiger partial charge >= 0.3 is 0 Å². The lowest BCUT2D eigenvalue weighted by Gasteiger charge is -2.16. The summed E-state index contributed by atoms with van der Waals surface area (Å²) in [5.41, 5.74) is 3.78. The third kappa shape index (κ3) is 2.12. The number of H-pyrrole nitrogens is 1. The van der Waals surface area contributed by atoms with Crippen LogP contribution in [0, 0.1) is 11.8 Å². The number of aromatic amines is 1. The summed E-state index contributed by atoms with van der Waals surface area (Å²) < 4.78 is 0. The van der Waals surface area contributed by atoms with Crippen molar-refractivity contribution in [1.29, 1.82) is 0 Å². The zero-order valence-electron chi connectivity index (χ0n) is 10.8. The van der Waals surface area contributed by atoms with Crippen LogP contribution in [0.4, 0.5) is 0 Å². The van der Waals surface area contributed by atoms with Crippen LogP contribution in [0.25, 0.3) is 11.3 Å². The number of nitrogens with zero attached hydrogens (tertiary/aromatic N) is 2. The van der Waals surface area contributed by atoms with Crippen molar-refractivity contribution in [3.63, 3.8) is 0 Å². The fourth-order valence-electron chi connectivity index (χ4n) is 3.41. The molecule has 0 aliphatic carbocycles. The van der Waals surface area contributed by atoms with Crippen LogP contribution in [0.1, 0.15) is 5.56 Å². The lowest BCUT2D eigenvalue weighted by atomic mass is 10.0. The molecule has 0 bridgehead atoms. The predicted molar refractivity (Wildman–Crippen MR) is 77.0 cm³/mol. The Balaban J connectivity index is 1.51. The Labute approximate surface area is 116 Å². The van der Waals surface area contributed by atoms with Gasteiger partial charge in [0.1, 0.15) is 0 Å². The average Bonchev–Trinajstić information content (AvgIpc) is 3.12. The van der Waals surface area contributed by atoms with Gasteiger partial charge in [0.15, 0.2) is 0 Å². The van der Waals surface area contributed by atoms with Gasteiger partial charge in [-0.2, -0.15) is 16.4 Å². The molecule has 2 aliphatic heterocycles. The summed E-state index contributed by atoms with van der Waals surface area (Å²) in [5, 5.41) is 15.2. The Bertz CT molecular complexity index is 536. The summed E-state index contributed by atoms with van der Waals surface area (Å²) in [5.74, 6) is 1.72. The van der Waals surface area contributed by atoms with Crippen molar-refractivity contribution in [2.24, 2.45) is 11.8 Å². The molecule has 4 nitrogen and oxygen atoms in total. The molecule has 2 saturated heterocycles. The van der Waals surface area contributed by atoms with Crippen molar-refractivity contribution in [2.45, 2.75) is 6.54 Å². The molecule has 19 heavy (non-hydrogen) atoms. The first-order valence-electron chi connectivity index (χ1n) is 6.88. The van der Waals surface area contributed by atoms with Gasteiger partial charge in [0, 0.05) is 36.1 Å². The van der Waals surface area contributed by atoms with Gasteiger partial charge in [-0.05, 0) is 36.4 Å². The van der Waals surface area contributed by atoms with E-state index >= 15 is 0 Å². The van der Waals surface area contributed by atoms with Crippen LogP contribution in [-0.2, 0) is 6.54 Å². The van der Waals surface area contributed by atoms with E-state index in [1.165, 1.54) is 43.0 Å². The fourth-order valence-corrected chi connectivity index (χ4v) is 4.06. The van der Waals surface area contributed by atoms with Gasteiger partial charge in [0.2, 0.25) is 0 Å². The van der Waals surface area contributed by atoms with Gasteiger partial charge < -0.3 is 5.32 Å². The molecule has 4 heterocycles. The monoisotopic (exact) mass is 274 g/mol. The van der Waals surface area contributed by atoms with Crippen molar-refractivity contribution in [1.82, 2.24) is 20.4 Å². The fraction of sp³-hybridized carbons (Fsp3) is 0.500. The minimum Gasteiger partial charge on any atom is -0.316 e. The van der Waals surface area contributed by atoms with Crippen molar-refractivity contribution >= 4 is 11.3 Å². The molecule has 2 aromatic heterocycles. The largest absolute Gasteiger partial charge is 0.316 e. The van der Waals surface area contributed by atoms with E-state index in [1.807, 2.05) is 6.20 Å². The normalized spacial score (nSPS) is 26.9. The quantitative estimate of drug-likeness (QED) is 0.897. The topological polar surface area (TPSA) is 44.0 Å². The molecule has 100 valence electrons. The first-order valence-corrected chi connectivity index (χ1v) is 7.82. The molecule has 2 atom stereocenters. The second-order valence-electron chi connectivity index (χ2n) is 5.65. The lowest BCUT2D eigenvalue weighted by Crippen LogP contribution is -2.25. The summed E-state index contributed by atoms with van der Waals surface area (Å²) in [6.45, 7) is 5.88. The number of hydrogen-bond donors (Lipinski definition) is 2. The Kier molecular flexibility index (Phi) is 2.90. The molecule has 2 N–H and O–H groups in total. The molecular weight excluding hydrogens is 256 g/mol. The number of hydrogen-bond acceptors (Lipinski definition) is 4. The van der Waals surface area contributed by atoms with E-state index in [-0.39, 0.29) is 0 Å². The Morgan fingerprint density at radius 2 is 2.16 bits per heavy atom. The smallest absolute Gasteiger partial charge is 0.0703 e. The highest BCUT2D eigenvalue weighted by Gasteiger charge is 2.36. The first kappa shape index (κ1) is 11.6. The van der Waals surface area contributed by atoms with Gasteiger partial charge in [0.05, 0.1) is 11.9 Å². The van der Waals surface area contributed by atoms with Crippen molar-refractivity contribution in [3.05, 3.63) is 28.6 Å². The number of fused-ring (bicyclic) bond motifs is 1. The third-order valence-electron chi connectivity index (χ3n) is 4.39. The zero-order chi connectivity index (χ0) is 12.7. The molecule has 0 aromatic carbocycles. The van der Waals surface area contributed by atoms with Crippen LogP contribution in [0.3, 0.4) is 0 Å². The van der Waals surface area contributed by atoms with E-state index < -0.39 is 0 Å². The molecule has 0 amide bonds. The van der Waals surface area contributed by atoms with Crippen LogP contribution in [0.2, 0.25) is 0 Å². The van der Waals surface area contributed by atoms with Crippen LogP contribution >= 0.6 is 11.3 Å². The van der Waals surface area contributed by atoms with Gasteiger partial charge in [0.25, 0.3) is 0 Å². The highest BCUT2D eigenvalue weighted by Crippen LogP contribution is 2.30. The van der Waals surface area contributed by atoms with E-state index in [4.69, 9.17) is 0 Å². The van der Waals surface area contributed by atoms with Crippen molar-refractivity contribution in [2.75, 3.05) is 26.2 Å². The van der Waals surface area contributed by atoms with Gasteiger partial charge in [-0.15, -0.1) is 0 Å². The summed E-state index contributed by atoms with van der Waals surface area (Å²) in [4.78, 5) is 2.58. The van der Waals surface area contributed by atoms with Crippen LogP contribution in [-0.4, -0.2) is 41.3 Å². The number of likely N-dealkylation sites (tertiary alicyclic amines) is 1. The summed E-state index contributed by atoms with van der Waals surface area (Å²) in [7, 11) is 0. The highest BCUT2D eigenvalue weighted by molar-refractivity contribution is 7.08. The van der Waals surface area contributed by atoms with E-state index in [9.17, 15) is 0 Å². The lowest BCUT2D eigenvalue weighted by molar-refractivity contribution is 0.306. The molecule has 2 fully saturated rings. The minimum atomic E-state index is 0.858. The summed E-state index contributed by atoms with van der Waals surface area (Å²) in [6.07, 6.45) is 1.99. The molecule has 0 unspecified atom stereocenters. The number of aromatic nitrogens is 2.